The second-order valence-corrected chi connectivity index (χ2v) is 5.69. The van der Waals surface area contributed by atoms with Crippen LogP contribution < -0.4 is 4.90 Å². The molecule has 1 saturated heterocycles. The van der Waals surface area contributed by atoms with E-state index in [1.807, 2.05) is 30.3 Å². The van der Waals surface area contributed by atoms with Gasteiger partial charge in [-0.05, 0) is 41.7 Å². The quantitative estimate of drug-likeness (QED) is 0.902. The molecule has 0 unspecified atom stereocenters. The fraction of sp³-hybridized carbons (Fsp3) is 0.353. The van der Waals surface area contributed by atoms with Gasteiger partial charge in [0, 0.05) is 13.1 Å². The van der Waals surface area contributed by atoms with Gasteiger partial charge in [0.2, 0.25) is 0 Å². The summed E-state index contributed by atoms with van der Waals surface area (Å²) in [6.07, 6.45) is 2.26. The minimum Gasteiger partial charge on any atom is -0.478 e. The fourth-order valence-corrected chi connectivity index (χ4v) is 2.91. The van der Waals surface area contributed by atoms with Crippen LogP contribution in [-0.4, -0.2) is 24.2 Å². The highest BCUT2D eigenvalue weighted by atomic mass is 16.4. The van der Waals surface area contributed by atoms with Gasteiger partial charge in [-0.15, -0.1) is 0 Å². The van der Waals surface area contributed by atoms with Crippen LogP contribution in [0, 0.1) is 5.92 Å². The van der Waals surface area contributed by atoms with Crippen molar-refractivity contribution >= 4 is 22.4 Å². The maximum absolute atomic E-state index is 11.5. The molecule has 104 valence electrons. The zero-order valence-corrected chi connectivity index (χ0v) is 11.7. The van der Waals surface area contributed by atoms with Crippen LogP contribution in [0.25, 0.3) is 10.8 Å². The monoisotopic (exact) mass is 269 g/mol. The number of carbonyl (C=O) groups is 1. The molecular formula is C17H19NO2. The SMILES string of the molecule is CC1CCN(c2cc3ccccc3cc2C(=O)O)CC1. The molecule has 0 amide bonds. The number of hydrogen-bond acceptors (Lipinski definition) is 2. The summed E-state index contributed by atoms with van der Waals surface area (Å²) in [6, 6.07) is 11.8. The van der Waals surface area contributed by atoms with Crippen molar-refractivity contribution in [3.63, 3.8) is 0 Å². The minimum absolute atomic E-state index is 0.415. The summed E-state index contributed by atoms with van der Waals surface area (Å²) < 4.78 is 0. The van der Waals surface area contributed by atoms with E-state index in [-0.39, 0.29) is 0 Å². The van der Waals surface area contributed by atoms with Gasteiger partial charge >= 0.3 is 5.97 Å². The normalized spacial score (nSPS) is 16.6. The third kappa shape index (κ3) is 2.36. The molecule has 0 spiro atoms. The van der Waals surface area contributed by atoms with Gasteiger partial charge in [0.15, 0.2) is 0 Å². The number of piperidine rings is 1. The van der Waals surface area contributed by atoms with E-state index >= 15 is 0 Å². The third-order valence-corrected chi connectivity index (χ3v) is 4.22. The van der Waals surface area contributed by atoms with Gasteiger partial charge in [0.25, 0.3) is 0 Å². The zero-order valence-electron chi connectivity index (χ0n) is 11.7. The Labute approximate surface area is 118 Å². The molecule has 0 bridgehead atoms. The lowest BCUT2D eigenvalue weighted by atomic mass is 9.97. The molecule has 2 aromatic rings. The maximum atomic E-state index is 11.5. The molecular weight excluding hydrogens is 250 g/mol. The van der Waals surface area contributed by atoms with Crippen LogP contribution in [0.3, 0.4) is 0 Å². The summed E-state index contributed by atoms with van der Waals surface area (Å²) in [5.74, 6) is -0.107. The van der Waals surface area contributed by atoms with Crippen LogP contribution in [0.15, 0.2) is 36.4 Å². The topological polar surface area (TPSA) is 40.5 Å². The van der Waals surface area contributed by atoms with Crippen molar-refractivity contribution in [3.8, 4) is 0 Å². The van der Waals surface area contributed by atoms with E-state index in [9.17, 15) is 9.90 Å². The summed E-state index contributed by atoms with van der Waals surface area (Å²) in [6.45, 7) is 4.15. The van der Waals surface area contributed by atoms with Crippen molar-refractivity contribution in [3.05, 3.63) is 42.0 Å². The Kier molecular flexibility index (Phi) is 3.35. The molecule has 3 heteroatoms. The second kappa shape index (κ2) is 5.16. The van der Waals surface area contributed by atoms with E-state index in [1.165, 1.54) is 0 Å². The highest BCUT2D eigenvalue weighted by Gasteiger charge is 2.21. The van der Waals surface area contributed by atoms with Crippen LogP contribution in [0.4, 0.5) is 5.69 Å². The van der Waals surface area contributed by atoms with Crippen molar-refractivity contribution in [2.75, 3.05) is 18.0 Å². The Balaban J connectivity index is 2.07. The number of carboxylic acids is 1. The number of rotatable bonds is 2. The first-order valence-electron chi connectivity index (χ1n) is 7.16. The molecule has 20 heavy (non-hydrogen) atoms. The standard InChI is InChI=1S/C17H19NO2/c1-12-6-8-18(9-7-12)16-11-14-5-3-2-4-13(14)10-15(16)17(19)20/h2-5,10-12H,6-9H2,1H3,(H,19,20). The van der Waals surface area contributed by atoms with Gasteiger partial charge in [0.1, 0.15) is 0 Å². The molecule has 0 aliphatic carbocycles. The third-order valence-electron chi connectivity index (χ3n) is 4.22. The van der Waals surface area contributed by atoms with Gasteiger partial charge in [-0.2, -0.15) is 0 Å². The van der Waals surface area contributed by atoms with Crippen molar-refractivity contribution in [1.29, 1.82) is 0 Å². The van der Waals surface area contributed by atoms with Crippen molar-refractivity contribution in [2.24, 2.45) is 5.92 Å². The fourth-order valence-electron chi connectivity index (χ4n) is 2.91. The van der Waals surface area contributed by atoms with Crippen LogP contribution >= 0.6 is 0 Å². The number of carboxylic acid groups (broad SMARTS) is 1. The largest absolute Gasteiger partial charge is 0.478 e. The first-order valence-corrected chi connectivity index (χ1v) is 7.16. The van der Waals surface area contributed by atoms with Crippen LogP contribution in [0.5, 0.6) is 0 Å². The summed E-state index contributed by atoms with van der Waals surface area (Å²) >= 11 is 0. The Morgan fingerprint density at radius 3 is 2.35 bits per heavy atom. The zero-order chi connectivity index (χ0) is 14.1. The number of nitrogens with zero attached hydrogens (tertiary/aromatic N) is 1. The summed E-state index contributed by atoms with van der Waals surface area (Å²) in [5.41, 5.74) is 1.28. The van der Waals surface area contributed by atoms with Crippen molar-refractivity contribution in [2.45, 2.75) is 19.8 Å². The first kappa shape index (κ1) is 13.0. The lowest BCUT2D eigenvalue weighted by Gasteiger charge is -2.33. The Morgan fingerprint density at radius 2 is 1.75 bits per heavy atom. The lowest BCUT2D eigenvalue weighted by Crippen LogP contribution is -2.33. The smallest absolute Gasteiger partial charge is 0.337 e. The molecule has 0 radical (unpaired) electrons. The minimum atomic E-state index is -0.843. The number of hydrogen-bond donors (Lipinski definition) is 1. The summed E-state index contributed by atoms with van der Waals surface area (Å²) in [4.78, 5) is 13.8. The average molecular weight is 269 g/mol. The van der Waals surface area contributed by atoms with Crippen LogP contribution in [0.2, 0.25) is 0 Å². The maximum Gasteiger partial charge on any atom is 0.337 e. The van der Waals surface area contributed by atoms with E-state index in [1.54, 1.807) is 6.07 Å². The molecule has 3 rings (SSSR count). The molecule has 0 saturated carbocycles. The van der Waals surface area contributed by atoms with Gasteiger partial charge in [-0.25, -0.2) is 4.79 Å². The average Bonchev–Trinajstić information content (AvgIpc) is 2.46. The van der Waals surface area contributed by atoms with Gasteiger partial charge < -0.3 is 10.0 Å². The van der Waals surface area contributed by atoms with E-state index in [0.29, 0.717) is 5.56 Å². The highest BCUT2D eigenvalue weighted by molar-refractivity contribution is 6.01. The molecule has 2 aromatic carbocycles. The molecule has 3 nitrogen and oxygen atoms in total. The van der Waals surface area contributed by atoms with E-state index in [0.717, 1.165) is 48.3 Å². The van der Waals surface area contributed by atoms with Gasteiger partial charge in [0.05, 0.1) is 11.3 Å². The molecule has 1 aliphatic rings. The van der Waals surface area contributed by atoms with Gasteiger partial charge in [-0.1, -0.05) is 31.2 Å². The predicted octanol–water partition coefficient (Wildman–Crippen LogP) is 3.77. The van der Waals surface area contributed by atoms with E-state index in [2.05, 4.69) is 11.8 Å². The lowest BCUT2D eigenvalue weighted by molar-refractivity contribution is 0.0697. The second-order valence-electron chi connectivity index (χ2n) is 5.69. The number of aromatic carboxylic acids is 1. The van der Waals surface area contributed by atoms with Crippen molar-refractivity contribution < 1.29 is 9.90 Å². The van der Waals surface area contributed by atoms with Crippen LogP contribution in [-0.2, 0) is 0 Å². The molecule has 1 heterocycles. The van der Waals surface area contributed by atoms with E-state index < -0.39 is 5.97 Å². The Bertz CT molecular complexity index is 642. The Morgan fingerprint density at radius 1 is 1.15 bits per heavy atom. The van der Waals surface area contributed by atoms with Crippen molar-refractivity contribution in [1.82, 2.24) is 0 Å². The first-order chi connectivity index (χ1) is 9.65. The summed E-state index contributed by atoms with van der Waals surface area (Å²) in [7, 11) is 0. The predicted molar refractivity (Wildman–Crippen MR) is 81.5 cm³/mol. The molecule has 0 aromatic heterocycles. The van der Waals surface area contributed by atoms with Crippen LogP contribution in [0.1, 0.15) is 30.1 Å². The molecule has 1 fully saturated rings. The summed E-state index contributed by atoms with van der Waals surface area (Å²) in [5, 5.41) is 11.6. The highest BCUT2D eigenvalue weighted by Crippen LogP contribution is 2.30. The van der Waals surface area contributed by atoms with E-state index in [4.69, 9.17) is 0 Å². The number of fused-ring (bicyclic) bond motifs is 1. The molecule has 1 N–H and O–H groups in total. The Hall–Kier alpha value is -2.03. The molecule has 1 aliphatic heterocycles. The molecule has 0 atom stereocenters. The number of benzene rings is 2. The number of anilines is 1. The van der Waals surface area contributed by atoms with Gasteiger partial charge in [-0.3, -0.25) is 0 Å².